The standard InChI is InChI=1S/C13H19ClN2O2/c1-4-10(2)16(8-9-18-3)13(17)11-6-5-7-12(14)15-11/h5-7,10H,4,8-9H2,1-3H3. The van der Waals surface area contributed by atoms with Gasteiger partial charge < -0.3 is 9.64 Å². The molecule has 0 saturated heterocycles. The molecule has 1 heterocycles. The van der Waals surface area contributed by atoms with Crippen LogP contribution in [0.5, 0.6) is 0 Å². The van der Waals surface area contributed by atoms with Gasteiger partial charge in [-0.05, 0) is 25.5 Å². The molecule has 0 radical (unpaired) electrons. The summed E-state index contributed by atoms with van der Waals surface area (Å²) in [5, 5.41) is 0.330. The average Bonchev–Trinajstić information content (AvgIpc) is 2.38. The second-order valence-corrected chi connectivity index (χ2v) is 4.48. The molecule has 1 atom stereocenters. The first kappa shape index (κ1) is 14.9. The first-order valence-electron chi connectivity index (χ1n) is 6.02. The fourth-order valence-electron chi connectivity index (χ4n) is 1.61. The lowest BCUT2D eigenvalue weighted by atomic mass is 10.2. The van der Waals surface area contributed by atoms with Gasteiger partial charge in [0.05, 0.1) is 6.61 Å². The summed E-state index contributed by atoms with van der Waals surface area (Å²) in [5.41, 5.74) is 0.374. The summed E-state index contributed by atoms with van der Waals surface area (Å²) in [7, 11) is 1.62. The first-order chi connectivity index (χ1) is 8.60. The number of amides is 1. The number of aromatic nitrogens is 1. The van der Waals surface area contributed by atoms with Crippen molar-refractivity contribution in [2.24, 2.45) is 0 Å². The van der Waals surface area contributed by atoms with Crippen molar-refractivity contribution in [1.82, 2.24) is 9.88 Å². The predicted octanol–water partition coefficient (Wildman–Crippen LogP) is 2.62. The van der Waals surface area contributed by atoms with E-state index < -0.39 is 0 Å². The number of hydrogen-bond donors (Lipinski definition) is 0. The molecule has 5 heteroatoms. The number of ether oxygens (including phenoxy) is 1. The van der Waals surface area contributed by atoms with Crippen LogP contribution in [-0.4, -0.2) is 42.1 Å². The third-order valence-electron chi connectivity index (χ3n) is 2.85. The third-order valence-corrected chi connectivity index (χ3v) is 3.06. The second-order valence-electron chi connectivity index (χ2n) is 4.09. The van der Waals surface area contributed by atoms with Crippen LogP contribution in [0.1, 0.15) is 30.8 Å². The Kier molecular flexibility index (Phi) is 6.09. The lowest BCUT2D eigenvalue weighted by molar-refractivity contribution is 0.0608. The van der Waals surface area contributed by atoms with Crippen LogP contribution in [0.15, 0.2) is 18.2 Å². The Hall–Kier alpha value is -1.13. The number of carbonyl (C=O) groups is 1. The fourth-order valence-corrected chi connectivity index (χ4v) is 1.77. The summed E-state index contributed by atoms with van der Waals surface area (Å²) in [6.07, 6.45) is 0.885. The van der Waals surface area contributed by atoms with Gasteiger partial charge >= 0.3 is 0 Å². The minimum absolute atomic E-state index is 0.107. The summed E-state index contributed by atoms with van der Waals surface area (Å²) >= 11 is 5.80. The number of rotatable bonds is 6. The maximum atomic E-state index is 12.4. The monoisotopic (exact) mass is 270 g/mol. The lowest BCUT2D eigenvalue weighted by Crippen LogP contribution is -2.40. The van der Waals surface area contributed by atoms with Crippen LogP contribution in [-0.2, 0) is 4.74 Å². The highest BCUT2D eigenvalue weighted by Crippen LogP contribution is 2.11. The highest BCUT2D eigenvalue weighted by molar-refractivity contribution is 6.29. The molecule has 1 unspecified atom stereocenters. The lowest BCUT2D eigenvalue weighted by Gasteiger charge is -2.28. The van der Waals surface area contributed by atoms with Gasteiger partial charge in [0.25, 0.3) is 5.91 Å². The van der Waals surface area contributed by atoms with Gasteiger partial charge in [-0.3, -0.25) is 4.79 Å². The number of pyridine rings is 1. The van der Waals surface area contributed by atoms with E-state index in [-0.39, 0.29) is 11.9 Å². The molecule has 0 aliphatic heterocycles. The molecule has 1 aromatic heterocycles. The van der Waals surface area contributed by atoms with E-state index in [1.165, 1.54) is 0 Å². The molecule has 0 N–H and O–H groups in total. The predicted molar refractivity (Wildman–Crippen MR) is 71.9 cm³/mol. The third kappa shape index (κ3) is 3.96. The minimum Gasteiger partial charge on any atom is -0.383 e. The van der Waals surface area contributed by atoms with Crippen LogP contribution >= 0.6 is 11.6 Å². The van der Waals surface area contributed by atoms with Gasteiger partial charge in [-0.25, -0.2) is 4.98 Å². The van der Waals surface area contributed by atoms with Gasteiger partial charge in [0.15, 0.2) is 0 Å². The number of carbonyl (C=O) groups excluding carboxylic acids is 1. The van der Waals surface area contributed by atoms with Gasteiger partial charge in [-0.2, -0.15) is 0 Å². The summed E-state index contributed by atoms with van der Waals surface area (Å²) in [5.74, 6) is -0.107. The molecule has 1 aromatic rings. The first-order valence-corrected chi connectivity index (χ1v) is 6.40. The molecular formula is C13H19ClN2O2. The van der Waals surface area contributed by atoms with Crippen LogP contribution in [0, 0.1) is 0 Å². The second kappa shape index (κ2) is 7.34. The van der Waals surface area contributed by atoms with Gasteiger partial charge in [-0.15, -0.1) is 0 Å². The van der Waals surface area contributed by atoms with Crippen molar-refractivity contribution in [3.05, 3.63) is 29.0 Å². The quantitative estimate of drug-likeness (QED) is 0.747. The van der Waals surface area contributed by atoms with Crippen molar-refractivity contribution in [3.63, 3.8) is 0 Å². The fraction of sp³-hybridized carbons (Fsp3) is 0.538. The highest BCUT2D eigenvalue weighted by atomic mass is 35.5. The van der Waals surface area contributed by atoms with Crippen LogP contribution in [0.4, 0.5) is 0 Å². The van der Waals surface area contributed by atoms with Crippen LogP contribution in [0.2, 0.25) is 5.15 Å². The molecule has 0 spiro atoms. The molecule has 0 aliphatic carbocycles. The Morgan fingerprint density at radius 1 is 1.56 bits per heavy atom. The van der Waals surface area contributed by atoms with E-state index in [4.69, 9.17) is 16.3 Å². The van der Waals surface area contributed by atoms with Crippen molar-refractivity contribution >= 4 is 17.5 Å². The van der Waals surface area contributed by atoms with Gasteiger partial charge in [0.2, 0.25) is 0 Å². The summed E-state index contributed by atoms with van der Waals surface area (Å²) < 4.78 is 5.04. The van der Waals surface area contributed by atoms with Crippen molar-refractivity contribution < 1.29 is 9.53 Å². The zero-order valence-corrected chi connectivity index (χ0v) is 11.8. The minimum atomic E-state index is -0.107. The molecule has 0 aliphatic rings. The molecule has 0 saturated carbocycles. The van der Waals surface area contributed by atoms with Crippen molar-refractivity contribution in [1.29, 1.82) is 0 Å². The topological polar surface area (TPSA) is 42.4 Å². The number of methoxy groups -OCH3 is 1. The molecular weight excluding hydrogens is 252 g/mol. The smallest absolute Gasteiger partial charge is 0.272 e. The maximum Gasteiger partial charge on any atom is 0.272 e. The van der Waals surface area contributed by atoms with Crippen LogP contribution in [0.25, 0.3) is 0 Å². The van der Waals surface area contributed by atoms with Crippen molar-refractivity contribution in [3.8, 4) is 0 Å². The summed E-state index contributed by atoms with van der Waals surface area (Å²) in [4.78, 5) is 18.2. The van der Waals surface area contributed by atoms with E-state index >= 15 is 0 Å². The normalized spacial score (nSPS) is 12.2. The Balaban J connectivity index is 2.87. The van der Waals surface area contributed by atoms with Crippen molar-refractivity contribution in [2.45, 2.75) is 26.3 Å². The molecule has 1 rings (SSSR count). The number of nitrogens with zero attached hydrogens (tertiary/aromatic N) is 2. The number of halogens is 1. The van der Waals surface area contributed by atoms with E-state index in [0.717, 1.165) is 6.42 Å². The zero-order chi connectivity index (χ0) is 13.5. The average molecular weight is 271 g/mol. The van der Waals surface area contributed by atoms with Gasteiger partial charge in [0.1, 0.15) is 10.8 Å². The Labute approximate surface area is 113 Å². The van der Waals surface area contributed by atoms with Crippen LogP contribution < -0.4 is 0 Å². The van der Waals surface area contributed by atoms with Crippen LogP contribution in [0.3, 0.4) is 0 Å². The van der Waals surface area contributed by atoms with Gasteiger partial charge in [-0.1, -0.05) is 24.6 Å². The number of hydrogen-bond acceptors (Lipinski definition) is 3. The van der Waals surface area contributed by atoms with E-state index in [1.807, 2.05) is 13.8 Å². The Bertz CT molecular complexity index is 398. The Morgan fingerprint density at radius 3 is 2.83 bits per heavy atom. The summed E-state index contributed by atoms with van der Waals surface area (Å²) in [6.45, 7) is 5.12. The molecule has 4 nitrogen and oxygen atoms in total. The molecule has 1 amide bonds. The Morgan fingerprint density at radius 2 is 2.28 bits per heavy atom. The highest BCUT2D eigenvalue weighted by Gasteiger charge is 2.21. The van der Waals surface area contributed by atoms with Crippen molar-refractivity contribution in [2.75, 3.05) is 20.3 Å². The molecule has 0 fully saturated rings. The molecule has 0 bridgehead atoms. The molecule has 0 aromatic carbocycles. The van der Waals surface area contributed by atoms with E-state index in [2.05, 4.69) is 4.98 Å². The van der Waals surface area contributed by atoms with E-state index in [1.54, 1.807) is 30.2 Å². The van der Waals surface area contributed by atoms with E-state index in [9.17, 15) is 4.79 Å². The molecule has 100 valence electrons. The van der Waals surface area contributed by atoms with E-state index in [0.29, 0.717) is 24.0 Å². The van der Waals surface area contributed by atoms with Gasteiger partial charge in [0, 0.05) is 19.7 Å². The maximum absolute atomic E-state index is 12.4. The largest absolute Gasteiger partial charge is 0.383 e. The SMILES string of the molecule is CCC(C)N(CCOC)C(=O)c1cccc(Cl)n1. The zero-order valence-electron chi connectivity index (χ0n) is 11.0. The summed E-state index contributed by atoms with van der Waals surface area (Å²) in [6, 6.07) is 5.21. The molecule has 18 heavy (non-hydrogen) atoms.